The van der Waals surface area contributed by atoms with Crippen LogP contribution in [0, 0.1) is 0 Å². The molecule has 0 saturated heterocycles. The van der Waals surface area contributed by atoms with Crippen molar-refractivity contribution in [1.29, 1.82) is 0 Å². The van der Waals surface area contributed by atoms with Gasteiger partial charge in [0.15, 0.2) is 0 Å². The highest BCUT2D eigenvalue weighted by Crippen LogP contribution is 2.42. The number of hydrogen-bond acceptors (Lipinski definition) is 5. The molecule has 0 radical (unpaired) electrons. The van der Waals surface area contributed by atoms with Gasteiger partial charge in [-0.15, -0.1) is 0 Å². The molecule has 1 aromatic rings. The van der Waals surface area contributed by atoms with Crippen LogP contribution < -0.4 is 5.73 Å². The highest BCUT2D eigenvalue weighted by atomic mass is 16.5. The Morgan fingerprint density at radius 2 is 1.72 bits per heavy atom. The van der Waals surface area contributed by atoms with Crippen LogP contribution in [0.25, 0.3) is 0 Å². The summed E-state index contributed by atoms with van der Waals surface area (Å²) in [5.41, 5.74) is 5.60. The van der Waals surface area contributed by atoms with Crippen LogP contribution in [-0.2, 0) is 15.9 Å². The first-order valence-corrected chi connectivity index (χ1v) is 6.87. The number of aromatic nitrogens is 2. The molecule has 1 aromatic heterocycles. The molecule has 0 atom stereocenters. The van der Waals surface area contributed by atoms with Crippen molar-refractivity contribution in [3.63, 3.8) is 0 Å². The summed E-state index contributed by atoms with van der Waals surface area (Å²) in [4.78, 5) is 4.56. The van der Waals surface area contributed by atoms with Gasteiger partial charge < -0.3 is 15.0 Å². The Bertz CT molecular complexity index is 418. The van der Waals surface area contributed by atoms with E-state index >= 15 is 0 Å². The number of nitrogens with zero attached hydrogens (tertiary/aromatic N) is 2. The van der Waals surface area contributed by atoms with Crippen LogP contribution >= 0.6 is 0 Å². The standard InChI is InChI=1S/C13H21N3O2/c1-17-13(8-4-5-9-13)10-15-11(18-16-10)12(14)6-2-3-7-12/h2-9,14H2,1H3. The van der Waals surface area contributed by atoms with Gasteiger partial charge in [0.25, 0.3) is 0 Å². The lowest BCUT2D eigenvalue weighted by Gasteiger charge is -2.23. The van der Waals surface area contributed by atoms with Crippen molar-refractivity contribution in [3.8, 4) is 0 Å². The minimum atomic E-state index is -0.404. The van der Waals surface area contributed by atoms with E-state index in [1.54, 1.807) is 7.11 Å². The molecular weight excluding hydrogens is 230 g/mol. The second-order valence-corrected chi connectivity index (χ2v) is 5.69. The SMILES string of the molecule is COC1(c2noc(C3(N)CCCC3)n2)CCCC1. The third kappa shape index (κ3) is 1.77. The van der Waals surface area contributed by atoms with E-state index < -0.39 is 5.54 Å². The van der Waals surface area contributed by atoms with Gasteiger partial charge in [-0.3, -0.25) is 0 Å². The summed E-state index contributed by atoms with van der Waals surface area (Å²) in [5, 5.41) is 4.14. The van der Waals surface area contributed by atoms with E-state index in [0.717, 1.165) is 51.4 Å². The zero-order chi connectivity index (χ0) is 12.6. The third-order valence-electron chi connectivity index (χ3n) is 4.56. The highest BCUT2D eigenvalue weighted by Gasteiger charge is 2.43. The molecule has 0 unspecified atom stereocenters. The summed E-state index contributed by atoms with van der Waals surface area (Å²) >= 11 is 0. The molecule has 2 fully saturated rings. The van der Waals surface area contributed by atoms with Gasteiger partial charge in [-0.2, -0.15) is 4.98 Å². The second-order valence-electron chi connectivity index (χ2n) is 5.69. The molecule has 1 heterocycles. The molecule has 2 saturated carbocycles. The van der Waals surface area contributed by atoms with Crippen molar-refractivity contribution < 1.29 is 9.26 Å². The molecule has 3 rings (SSSR count). The zero-order valence-corrected chi connectivity index (χ0v) is 10.9. The molecule has 2 aliphatic rings. The number of hydrogen-bond donors (Lipinski definition) is 1. The predicted octanol–water partition coefficient (Wildman–Crippen LogP) is 2.21. The van der Waals surface area contributed by atoms with E-state index in [1.165, 1.54) is 0 Å². The summed E-state index contributed by atoms with van der Waals surface area (Å²) < 4.78 is 11.1. The maximum absolute atomic E-state index is 6.34. The first-order chi connectivity index (χ1) is 8.69. The average Bonchev–Trinajstić information content (AvgIpc) is 3.09. The van der Waals surface area contributed by atoms with Crippen LogP contribution in [0.3, 0.4) is 0 Å². The van der Waals surface area contributed by atoms with E-state index in [2.05, 4.69) is 10.1 Å². The molecule has 5 nitrogen and oxygen atoms in total. The monoisotopic (exact) mass is 251 g/mol. The number of nitrogens with two attached hydrogens (primary N) is 1. The lowest BCUT2D eigenvalue weighted by atomic mass is 9.98. The summed E-state index contributed by atoms with van der Waals surface area (Å²) in [5.74, 6) is 1.28. The number of rotatable bonds is 3. The van der Waals surface area contributed by atoms with Gasteiger partial charge in [0.1, 0.15) is 5.60 Å². The Balaban J connectivity index is 1.89. The van der Waals surface area contributed by atoms with Gasteiger partial charge in [-0.05, 0) is 38.5 Å². The molecule has 5 heteroatoms. The van der Waals surface area contributed by atoms with Crippen molar-refractivity contribution in [2.45, 2.75) is 62.5 Å². The molecule has 2 N–H and O–H groups in total. The Morgan fingerprint density at radius 3 is 2.33 bits per heavy atom. The summed E-state index contributed by atoms with van der Waals surface area (Å²) in [6.07, 6.45) is 8.42. The Morgan fingerprint density at radius 1 is 1.11 bits per heavy atom. The normalized spacial score (nSPS) is 25.7. The van der Waals surface area contributed by atoms with Crippen LogP contribution in [0.2, 0.25) is 0 Å². The van der Waals surface area contributed by atoms with E-state index in [0.29, 0.717) is 11.7 Å². The predicted molar refractivity (Wildman–Crippen MR) is 65.8 cm³/mol. The van der Waals surface area contributed by atoms with E-state index in [9.17, 15) is 0 Å². The Kier molecular flexibility index (Phi) is 2.90. The van der Waals surface area contributed by atoms with Crippen LogP contribution in [0.1, 0.15) is 63.1 Å². The molecule has 0 aromatic carbocycles. The molecule has 100 valence electrons. The third-order valence-corrected chi connectivity index (χ3v) is 4.56. The van der Waals surface area contributed by atoms with Crippen molar-refractivity contribution in [1.82, 2.24) is 10.1 Å². The fraction of sp³-hybridized carbons (Fsp3) is 0.846. The van der Waals surface area contributed by atoms with Gasteiger partial charge in [-0.1, -0.05) is 18.0 Å². The minimum absolute atomic E-state index is 0.337. The molecular formula is C13H21N3O2. The lowest BCUT2D eigenvalue weighted by molar-refractivity contribution is -0.0178. The van der Waals surface area contributed by atoms with Gasteiger partial charge in [-0.25, -0.2) is 0 Å². The summed E-state index contributed by atoms with van der Waals surface area (Å²) in [6, 6.07) is 0. The fourth-order valence-corrected chi connectivity index (χ4v) is 3.30. The van der Waals surface area contributed by atoms with E-state index in [-0.39, 0.29) is 5.60 Å². The molecule has 0 spiro atoms. The summed E-state index contributed by atoms with van der Waals surface area (Å²) in [7, 11) is 1.73. The smallest absolute Gasteiger partial charge is 0.246 e. The van der Waals surface area contributed by atoms with E-state index in [4.69, 9.17) is 15.0 Å². The highest BCUT2D eigenvalue weighted by molar-refractivity contribution is 5.10. The van der Waals surface area contributed by atoms with Crippen LogP contribution in [-0.4, -0.2) is 17.3 Å². The average molecular weight is 251 g/mol. The largest absolute Gasteiger partial charge is 0.370 e. The first-order valence-electron chi connectivity index (χ1n) is 6.87. The van der Waals surface area contributed by atoms with Crippen LogP contribution in [0.4, 0.5) is 0 Å². The Hall–Kier alpha value is -0.940. The molecule has 0 amide bonds. The van der Waals surface area contributed by atoms with Crippen molar-refractivity contribution >= 4 is 0 Å². The lowest BCUT2D eigenvalue weighted by Crippen LogP contribution is -2.34. The second kappa shape index (κ2) is 4.31. The fourth-order valence-electron chi connectivity index (χ4n) is 3.30. The Labute approximate surface area is 107 Å². The quantitative estimate of drug-likeness (QED) is 0.891. The first kappa shape index (κ1) is 12.1. The number of ether oxygens (including phenoxy) is 1. The van der Waals surface area contributed by atoms with Crippen molar-refractivity contribution in [2.24, 2.45) is 5.73 Å². The molecule has 2 aliphatic carbocycles. The van der Waals surface area contributed by atoms with Crippen molar-refractivity contribution in [3.05, 3.63) is 11.7 Å². The van der Waals surface area contributed by atoms with Crippen LogP contribution in [0.15, 0.2) is 4.52 Å². The van der Waals surface area contributed by atoms with E-state index in [1.807, 2.05) is 0 Å². The molecule has 0 aliphatic heterocycles. The van der Waals surface area contributed by atoms with Crippen molar-refractivity contribution in [2.75, 3.05) is 7.11 Å². The summed E-state index contributed by atoms with van der Waals surface area (Å²) in [6.45, 7) is 0. The van der Waals surface area contributed by atoms with Gasteiger partial charge in [0.05, 0.1) is 5.54 Å². The zero-order valence-electron chi connectivity index (χ0n) is 10.9. The van der Waals surface area contributed by atoms with Gasteiger partial charge >= 0.3 is 0 Å². The van der Waals surface area contributed by atoms with Gasteiger partial charge in [0.2, 0.25) is 11.7 Å². The maximum atomic E-state index is 6.34. The number of methoxy groups -OCH3 is 1. The molecule has 18 heavy (non-hydrogen) atoms. The van der Waals surface area contributed by atoms with Crippen LogP contribution in [0.5, 0.6) is 0 Å². The van der Waals surface area contributed by atoms with Gasteiger partial charge in [0, 0.05) is 7.11 Å². The topological polar surface area (TPSA) is 74.2 Å². The molecule has 0 bridgehead atoms. The minimum Gasteiger partial charge on any atom is -0.370 e. The maximum Gasteiger partial charge on any atom is 0.246 e.